The molecule has 0 atom stereocenters. The first-order valence-electron chi connectivity index (χ1n) is 11.7. The number of benzene rings is 1. The van der Waals surface area contributed by atoms with E-state index in [1.807, 2.05) is 17.9 Å². The minimum Gasteiger partial charge on any atom is -0.497 e. The minimum absolute atomic E-state index is 0.114. The molecule has 0 spiro atoms. The highest BCUT2D eigenvalue weighted by Gasteiger charge is 2.35. The molecule has 12 heteroatoms. The lowest BCUT2D eigenvalue weighted by atomic mass is 9.96. The Morgan fingerprint density at radius 3 is 2.37 bits per heavy atom. The molecular weight excluding hydrogens is 470 g/mol. The summed E-state index contributed by atoms with van der Waals surface area (Å²) in [7, 11) is -2.05. The number of fused-ring (bicyclic) bond motifs is 1. The van der Waals surface area contributed by atoms with Gasteiger partial charge in [-0.15, -0.1) is 0 Å². The number of hydrogen-bond donors (Lipinski definition) is 0. The molecule has 1 amide bonds. The molecule has 2 aromatic heterocycles. The van der Waals surface area contributed by atoms with Crippen molar-refractivity contribution in [1.82, 2.24) is 28.8 Å². The van der Waals surface area contributed by atoms with Gasteiger partial charge >= 0.3 is 0 Å². The van der Waals surface area contributed by atoms with E-state index in [0.29, 0.717) is 63.6 Å². The van der Waals surface area contributed by atoms with Gasteiger partial charge in [-0.05, 0) is 44.0 Å². The maximum absolute atomic E-state index is 13.2. The Balaban J connectivity index is 1.18. The summed E-state index contributed by atoms with van der Waals surface area (Å²) >= 11 is 0. The number of carbonyl (C=O) groups excluding carboxylic acids is 1. The molecule has 4 heterocycles. The summed E-state index contributed by atoms with van der Waals surface area (Å²) in [6, 6.07) is 8.39. The van der Waals surface area contributed by atoms with Gasteiger partial charge in [0.25, 0.3) is 5.78 Å². The van der Waals surface area contributed by atoms with Crippen molar-refractivity contribution in [2.24, 2.45) is 5.92 Å². The van der Waals surface area contributed by atoms with Crippen molar-refractivity contribution in [2.75, 3.05) is 51.3 Å². The largest absolute Gasteiger partial charge is 0.497 e. The molecule has 0 saturated carbocycles. The van der Waals surface area contributed by atoms with Crippen LogP contribution in [0.2, 0.25) is 0 Å². The average molecular weight is 500 g/mol. The Morgan fingerprint density at radius 2 is 1.71 bits per heavy atom. The predicted octanol–water partition coefficient (Wildman–Crippen LogP) is 1.19. The lowest BCUT2D eigenvalue weighted by Crippen LogP contribution is -2.52. The smallest absolute Gasteiger partial charge is 0.254 e. The van der Waals surface area contributed by atoms with Gasteiger partial charge in [0.05, 0.1) is 12.0 Å². The number of aromatic nitrogens is 4. The first-order valence-corrected chi connectivity index (χ1v) is 13.2. The van der Waals surface area contributed by atoms with Crippen LogP contribution in [0.4, 0.5) is 5.82 Å². The molecule has 0 unspecified atom stereocenters. The molecule has 2 fully saturated rings. The summed E-state index contributed by atoms with van der Waals surface area (Å²) in [6.45, 7) is 5.21. The van der Waals surface area contributed by atoms with Crippen molar-refractivity contribution in [1.29, 1.82) is 0 Å². The molecule has 2 saturated heterocycles. The number of carbonyl (C=O) groups is 1. The first-order chi connectivity index (χ1) is 16.9. The van der Waals surface area contributed by atoms with Gasteiger partial charge in [-0.2, -0.15) is 18.9 Å². The molecule has 5 rings (SSSR count). The maximum atomic E-state index is 13.2. The number of nitrogens with zero attached hydrogens (tertiary/aromatic N) is 7. The second-order valence-corrected chi connectivity index (χ2v) is 10.8. The monoisotopic (exact) mass is 499 g/mol. The van der Waals surface area contributed by atoms with Crippen LogP contribution in [0.5, 0.6) is 5.75 Å². The maximum Gasteiger partial charge on any atom is 0.254 e. The van der Waals surface area contributed by atoms with Gasteiger partial charge in [-0.25, -0.2) is 13.4 Å². The number of aryl methyl sites for hydroxylation is 1. The third-order valence-corrected chi connectivity index (χ3v) is 8.69. The molecule has 35 heavy (non-hydrogen) atoms. The number of sulfonamides is 1. The van der Waals surface area contributed by atoms with Gasteiger partial charge in [0.15, 0.2) is 0 Å². The van der Waals surface area contributed by atoms with E-state index in [1.54, 1.807) is 35.9 Å². The highest BCUT2D eigenvalue weighted by atomic mass is 32.2. The van der Waals surface area contributed by atoms with Crippen molar-refractivity contribution < 1.29 is 17.9 Å². The predicted molar refractivity (Wildman–Crippen MR) is 129 cm³/mol. The number of amides is 1. The minimum atomic E-state index is -3.59. The second-order valence-electron chi connectivity index (χ2n) is 8.89. The molecule has 2 aliphatic rings. The Hall–Kier alpha value is -3.25. The van der Waals surface area contributed by atoms with E-state index >= 15 is 0 Å². The number of piperidine rings is 1. The standard InChI is InChI=1S/C23H29N7O4S/c1-17-15-21(30-23(26-17)24-16-25-30)27-11-13-28(14-12-27)22(31)18-7-9-29(10-8-18)35(32,33)20-5-3-19(34-2)4-6-20/h3-6,15-16,18H,7-14H2,1-2H3. The summed E-state index contributed by atoms with van der Waals surface area (Å²) in [5, 5.41) is 4.28. The van der Waals surface area contributed by atoms with Crippen molar-refractivity contribution in [3.05, 3.63) is 42.4 Å². The van der Waals surface area contributed by atoms with E-state index in [-0.39, 0.29) is 16.7 Å². The number of piperazine rings is 1. The van der Waals surface area contributed by atoms with Crippen LogP contribution in [0.3, 0.4) is 0 Å². The van der Waals surface area contributed by atoms with Gasteiger partial charge in [-0.3, -0.25) is 4.79 Å². The third-order valence-electron chi connectivity index (χ3n) is 6.78. The van der Waals surface area contributed by atoms with Crippen molar-refractivity contribution >= 4 is 27.5 Å². The molecule has 1 aromatic carbocycles. The molecule has 0 N–H and O–H groups in total. The summed E-state index contributed by atoms with van der Waals surface area (Å²) < 4.78 is 34.3. The summed E-state index contributed by atoms with van der Waals surface area (Å²) in [5.74, 6) is 2.05. The van der Waals surface area contributed by atoms with E-state index < -0.39 is 10.0 Å². The summed E-state index contributed by atoms with van der Waals surface area (Å²) in [4.78, 5) is 26.1. The molecule has 0 aliphatic carbocycles. The van der Waals surface area contributed by atoms with Crippen LogP contribution in [-0.4, -0.2) is 89.5 Å². The number of anilines is 1. The SMILES string of the molecule is COc1ccc(S(=O)(=O)N2CCC(C(=O)N3CCN(c4cc(C)nc5ncnn45)CC3)CC2)cc1. The van der Waals surface area contributed by atoms with Crippen LogP contribution in [0.1, 0.15) is 18.5 Å². The molecule has 3 aromatic rings. The molecule has 11 nitrogen and oxygen atoms in total. The van der Waals surface area contributed by atoms with Crippen LogP contribution < -0.4 is 9.64 Å². The third kappa shape index (κ3) is 4.55. The van der Waals surface area contributed by atoms with Crippen molar-refractivity contribution in [3.63, 3.8) is 0 Å². The van der Waals surface area contributed by atoms with Crippen LogP contribution in [0.25, 0.3) is 5.78 Å². The molecule has 0 bridgehead atoms. The average Bonchev–Trinajstić information content (AvgIpc) is 3.36. The Bertz CT molecular complexity index is 1310. The van der Waals surface area contributed by atoms with Crippen molar-refractivity contribution in [2.45, 2.75) is 24.7 Å². The molecular formula is C23H29N7O4S. The first kappa shape index (κ1) is 23.5. The summed E-state index contributed by atoms with van der Waals surface area (Å²) in [6.07, 6.45) is 2.54. The Kier molecular flexibility index (Phi) is 6.32. The normalized spacial score (nSPS) is 18.2. The van der Waals surface area contributed by atoms with Crippen LogP contribution in [0, 0.1) is 12.8 Å². The summed E-state index contributed by atoms with van der Waals surface area (Å²) in [5.41, 5.74) is 0.871. The van der Waals surface area contributed by atoms with Gasteiger partial charge < -0.3 is 14.5 Å². The number of rotatable bonds is 5. The van der Waals surface area contributed by atoms with Gasteiger partial charge in [0.2, 0.25) is 15.9 Å². The Morgan fingerprint density at radius 1 is 1.03 bits per heavy atom. The fourth-order valence-corrected chi connectivity index (χ4v) is 6.26. The van der Waals surface area contributed by atoms with E-state index in [9.17, 15) is 13.2 Å². The second kappa shape index (κ2) is 9.42. The van der Waals surface area contributed by atoms with E-state index in [0.717, 1.165) is 11.5 Å². The van der Waals surface area contributed by atoms with Gasteiger partial charge in [0, 0.05) is 56.9 Å². The lowest BCUT2D eigenvalue weighted by molar-refractivity contribution is -0.137. The van der Waals surface area contributed by atoms with Gasteiger partial charge in [-0.1, -0.05) is 0 Å². The molecule has 0 radical (unpaired) electrons. The van der Waals surface area contributed by atoms with Crippen LogP contribution in [-0.2, 0) is 14.8 Å². The fourth-order valence-electron chi connectivity index (χ4n) is 4.79. The quantitative estimate of drug-likeness (QED) is 0.515. The Labute approximate surface area is 204 Å². The van der Waals surface area contributed by atoms with Gasteiger partial charge in [0.1, 0.15) is 17.9 Å². The zero-order valence-corrected chi connectivity index (χ0v) is 20.7. The van der Waals surface area contributed by atoms with E-state index in [1.165, 1.54) is 10.6 Å². The highest BCUT2D eigenvalue weighted by Crippen LogP contribution is 2.27. The number of hydrogen-bond acceptors (Lipinski definition) is 8. The lowest BCUT2D eigenvalue weighted by Gasteiger charge is -2.39. The molecule has 2 aliphatic heterocycles. The zero-order valence-electron chi connectivity index (χ0n) is 19.9. The topological polar surface area (TPSA) is 113 Å². The zero-order chi connectivity index (χ0) is 24.6. The molecule has 186 valence electrons. The number of methoxy groups -OCH3 is 1. The van der Waals surface area contributed by atoms with Crippen LogP contribution >= 0.6 is 0 Å². The van der Waals surface area contributed by atoms with Crippen molar-refractivity contribution in [3.8, 4) is 5.75 Å². The fraction of sp³-hybridized carbons (Fsp3) is 0.478. The van der Waals surface area contributed by atoms with Crippen LogP contribution in [0.15, 0.2) is 41.6 Å². The van der Waals surface area contributed by atoms with E-state index in [4.69, 9.17) is 4.74 Å². The highest BCUT2D eigenvalue weighted by molar-refractivity contribution is 7.89. The van der Waals surface area contributed by atoms with E-state index in [2.05, 4.69) is 20.0 Å². The number of ether oxygens (including phenoxy) is 1.